The number of aromatic nitrogens is 2. The van der Waals surface area contributed by atoms with Crippen LogP contribution in [-0.2, 0) is 4.79 Å². The Kier molecular flexibility index (Phi) is 5.88. The lowest BCUT2D eigenvalue weighted by Crippen LogP contribution is -2.41. The molecule has 2 aromatic rings. The fourth-order valence-corrected chi connectivity index (χ4v) is 3.24. The molecule has 1 fully saturated rings. The molecular formula is C19H24N4O3. The van der Waals surface area contributed by atoms with E-state index >= 15 is 0 Å². The van der Waals surface area contributed by atoms with Gasteiger partial charge in [0.25, 0.3) is 5.91 Å². The van der Waals surface area contributed by atoms with E-state index in [2.05, 4.69) is 21.0 Å². The molecule has 1 aromatic heterocycles. The van der Waals surface area contributed by atoms with E-state index in [0.29, 0.717) is 18.0 Å². The van der Waals surface area contributed by atoms with Crippen LogP contribution in [0.1, 0.15) is 49.0 Å². The maximum absolute atomic E-state index is 12.1. The zero-order valence-corrected chi connectivity index (χ0v) is 14.9. The van der Waals surface area contributed by atoms with Crippen molar-refractivity contribution >= 4 is 11.8 Å². The molecule has 1 saturated carbocycles. The summed E-state index contributed by atoms with van der Waals surface area (Å²) in [6, 6.07) is 9.02. The van der Waals surface area contributed by atoms with Crippen LogP contribution in [0.15, 0.2) is 30.3 Å². The van der Waals surface area contributed by atoms with Crippen molar-refractivity contribution in [1.82, 2.24) is 21.0 Å². The van der Waals surface area contributed by atoms with Crippen LogP contribution in [0.3, 0.4) is 0 Å². The molecule has 1 aromatic carbocycles. The number of nitrogens with zero attached hydrogens (tertiary/aromatic N) is 1. The van der Waals surface area contributed by atoms with E-state index in [1.165, 1.54) is 25.7 Å². The monoisotopic (exact) mass is 356 g/mol. The van der Waals surface area contributed by atoms with Gasteiger partial charge in [-0.3, -0.25) is 25.5 Å². The Morgan fingerprint density at radius 1 is 1.19 bits per heavy atom. The predicted molar refractivity (Wildman–Crippen MR) is 97.4 cm³/mol. The maximum Gasteiger partial charge on any atom is 0.287 e. The van der Waals surface area contributed by atoms with Gasteiger partial charge in [-0.1, -0.05) is 25.7 Å². The summed E-state index contributed by atoms with van der Waals surface area (Å²) < 4.78 is 5.12. The third-order valence-electron chi connectivity index (χ3n) is 4.78. The zero-order chi connectivity index (χ0) is 18.4. The van der Waals surface area contributed by atoms with E-state index in [4.69, 9.17) is 4.74 Å². The van der Waals surface area contributed by atoms with Gasteiger partial charge in [-0.15, -0.1) is 0 Å². The van der Waals surface area contributed by atoms with Crippen molar-refractivity contribution in [2.75, 3.05) is 7.11 Å². The van der Waals surface area contributed by atoms with Gasteiger partial charge in [0.2, 0.25) is 5.91 Å². The number of carbonyl (C=O) groups excluding carboxylic acids is 2. The van der Waals surface area contributed by atoms with Crippen LogP contribution in [0.25, 0.3) is 11.3 Å². The third kappa shape index (κ3) is 4.62. The fraction of sp³-hybridized carbons (Fsp3) is 0.421. The molecule has 2 amide bonds. The molecule has 0 saturated heterocycles. The van der Waals surface area contributed by atoms with Gasteiger partial charge in [0.05, 0.1) is 12.8 Å². The van der Waals surface area contributed by atoms with Gasteiger partial charge in [-0.05, 0) is 42.7 Å². The first-order valence-corrected chi connectivity index (χ1v) is 8.94. The Hall–Kier alpha value is -2.83. The van der Waals surface area contributed by atoms with Crippen LogP contribution in [0, 0.1) is 5.92 Å². The molecule has 0 radical (unpaired) electrons. The first kappa shape index (κ1) is 18.0. The van der Waals surface area contributed by atoms with Crippen LogP contribution in [-0.4, -0.2) is 29.1 Å². The minimum atomic E-state index is -0.425. The Balaban J connectivity index is 1.48. The summed E-state index contributed by atoms with van der Waals surface area (Å²) in [5, 5.41) is 6.83. The summed E-state index contributed by atoms with van der Waals surface area (Å²) in [7, 11) is 1.61. The summed E-state index contributed by atoms with van der Waals surface area (Å²) in [6.45, 7) is 0. The number of rotatable bonds is 6. The van der Waals surface area contributed by atoms with Gasteiger partial charge < -0.3 is 4.74 Å². The normalized spacial score (nSPS) is 14.2. The van der Waals surface area contributed by atoms with Crippen molar-refractivity contribution in [3.05, 3.63) is 36.0 Å². The Labute approximate surface area is 152 Å². The van der Waals surface area contributed by atoms with Crippen molar-refractivity contribution in [2.24, 2.45) is 5.92 Å². The standard InChI is InChI=1S/C19H24N4O3/c1-26-15-9-7-14(8-10-15)16-12-17(21-20-16)19(25)23-22-18(24)11-6-13-4-2-3-5-13/h7-10,12-13H,2-6,11H2,1H3,(H,20,21)(H,22,24)(H,23,25). The number of hydrogen-bond acceptors (Lipinski definition) is 4. The summed E-state index contributed by atoms with van der Waals surface area (Å²) in [5.74, 6) is 0.810. The lowest BCUT2D eigenvalue weighted by molar-refractivity contribution is -0.122. The minimum Gasteiger partial charge on any atom is -0.497 e. The van der Waals surface area contributed by atoms with Crippen molar-refractivity contribution in [1.29, 1.82) is 0 Å². The molecule has 1 heterocycles. The van der Waals surface area contributed by atoms with Crippen molar-refractivity contribution < 1.29 is 14.3 Å². The molecule has 1 aliphatic rings. The van der Waals surface area contributed by atoms with Crippen molar-refractivity contribution in [2.45, 2.75) is 38.5 Å². The van der Waals surface area contributed by atoms with Gasteiger partial charge in [-0.25, -0.2) is 0 Å². The second-order valence-corrected chi connectivity index (χ2v) is 6.59. The third-order valence-corrected chi connectivity index (χ3v) is 4.78. The summed E-state index contributed by atoms with van der Waals surface area (Å²) >= 11 is 0. The van der Waals surface area contributed by atoms with E-state index in [1.807, 2.05) is 24.3 Å². The zero-order valence-electron chi connectivity index (χ0n) is 14.9. The van der Waals surface area contributed by atoms with E-state index in [9.17, 15) is 9.59 Å². The molecule has 0 bridgehead atoms. The number of amides is 2. The van der Waals surface area contributed by atoms with Crippen LogP contribution in [0.4, 0.5) is 0 Å². The van der Waals surface area contributed by atoms with E-state index < -0.39 is 5.91 Å². The molecule has 7 heteroatoms. The van der Waals surface area contributed by atoms with Crippen molar-refractivity contribution in [3.8, 4) is 17.0 Å². The lowest BCUT2D eigenvalue weighted by atomic mass is 10.0. The van der Waals surface area contributed by atoms with E-state index in [0.717, 1.165) is 17.7 Å². The van der Waals surface area contributed by atoms with Gasteiger partial charge in [0, 0.05) is 12.0 Å². The number of carbonyl (C=O) groups is 2. The van der Waals surface area contributed by atoms with Crippen LogP contribution in [0.2, 0.25) is 0 Å². The molecule has 26 heavy (non-hydrogen) atoms. The highest BCUT2D eigenvalue weighted by atomic mass is 16.5. The van der Waals surface area contributed by atoms with Crippen LogP contribution >= 0.6 is 0 Å². The largest absolute Gasteiger partial charge is 0.497 e. The number of H-pyrrole nitrogens is 1. The van der Waals surface area contributed by atoms with Gasteiger partial charge in [0.1, 0.15) is 11.4 Å². The molecular weight excluding hydrogens is 332 g/mol. The van der Waals surface area contributed by atoms with Gasteiger partial charge >= 0.3 is 0 Å². The number of hydrogen-bond donors (Lipinski definition) is 3. The smallest absolute Gasteiger partial charge is 0.287 e. The average Bonchev–Trinajstić information content (AvgIpc) is 3.36. The molecule has 7 nitrogen and oxygen atoms in total. The minimum absolute atomic E-state index is 0.167. The Bertz CT molecular complexity index is 748. The van der Waals surface area contributed by atoms with E-state index in [-0.39, 0.29) is 11.6 Å². The highest BCUT2D eigenvalue weighted by Gasteiger charge is 2.17. The number of ether oxygens (including phenoxy) is 1. The maximum atomic E-state index is 12.1. The Morgan fingerprint density at radius 3 is 2.62 bits per heavy atom. The molecule has 0 aliphatic heterocycles. The molecule has 138 valence electrons. The van der Waals surface area contributed by atoms with Crippen LogP contribution < -0.4 is 15.6 Å². The highest BCUT2D eigenvalue weighted by molar-refractivity contribution is 5.94. The van der Waals surface area contributed by atoms with E-state index in [1.54, 1.807) is 13.2 Å². The second-order valence-electron chi connectivity index (χ2n) is 6.59. The van der Waals surface area contributed by atoms with Crippen molar-refractivity contribution in [3.63, 3.8) is 0 Å². The number of nitrogens with one attached hydrogen (secondary N) is 3. The number of hydrazine groups is 1. The number of aromatic amines is 1. The number of benzene rings is 1. The topological polar surface area (TPSA) is 96.1 Å². The summed E-state index contributed by atoms with van der Waals surface area (Å²) in [5.41, 5.74) is 6.68. The average molecular weight is 356 g/mol. The Morgan fingerprint density at radius 2 is 1.92 bits per heavy atom. The first-order valence-electron chi connectivity index (χ1n) is 8.94. The predicted octanol–water partition coefficient (Wildman–Crippen LogP) is 2.82. The van der Waals surface area contributed by atoms with Crippen LogP contribution in [0.5, 0.6) is 5.75 Å². The number of methoxy groups -OCH3 is 1. The molecule has 0 atom stereocenters. The summed E-state index contributed by atoms with van der Waals surface area (Å²) in [4.78, 5) is 24.0. The molecule has 1 aliphatic carbocycles. The molecule has 0 spiro atoms. The quantitative estimate of drug-likeness (QED) is 0.694. The van der Waals surface area contributed by atoms with Gasteiger partial charge in [0.15, 0.2) is 0 Å². The molecule has 3 N–H and O–H groups in total. The fourth-order valence-electron chi connectivity index (χ4n) is 3.24. The van der Waals surface area contributed by atoms with Gasteiger partial charge in [-0.2, -0.15) is 5.10 Å². The molecule has 0 unspecified atom stereocenters. The highest BCUT2D eigenvalue weighted by Crippen LogP contribution is 2.28. The lowest BCUT2D eigenvalue weighted by Gasteiger charge is -2.09. The first-order chi connectivity index (χ1) is 12.7. The second kappa shape index (κ2) is 8.51. The SMILES string of the molecule is COc1ccc(-c2cc(C(=O)NNC(=O)CCC3CCCC3)[nH]n2)cc1. The molecule has 3 rings (SSSR count). The summed E-state index contributed by atoms with van der Waals surface area (Å²) in [6.07, 6.45) is 6.26.